The van der Waals surface area contributed by atoms with E-state index < -0.39 is 0 Å². The summed E-state index contributed by atoms with van der Waals surface area (Å²) in [7, 11) is 0. The van der Waals surface area contributed by atoms with Crippen molar-refractivity contribution in [2.75, 3.05) is 13.1 Å². The molecule has 1 saturated carbocycles. The first-order valence-electron chi connectivity index (χ1n) is 7.84. The summed E-state index contributed by atoms with van der Waals surface area (Å²) in [6.45, 7) is 1.81. The molecule has 0 atom stereocenters. The predicted octanol–water partition coefficient (Wildman–Crippen LogP) is 3.42. The van der Waals surface area contributed by atoms with Gasteiger partial charge in [0, 0.05) is 30.2 Å². The van der Waals surface area contributed by atoms with Crippen LogP contribution in [0.2, 0.25) is 0 Å². The van der Waals surface area contributed by atoms with Gasteiger partial charge in [-0.05, 0) is 37.3 Å². The molecule has 108 valence electrons. The van der Waals surface area contributed by atoms with Crippen molar-refractivity contribution < 1.29 is 4.79 Å². The largest absolute Gasteiger partial charge is 0.361 e. The van der Waals surface area contributed by atoms with Crippen molar-refractivity contribution in [2.24, 2.45) is 0 Å². The third-order valence-corrected chi connectivity index (χ3v) is 4.74. The number of hydrogen-bond donors (Lipinski definition) is 1. The molecule has 1 N–H and O–H groups in total. The molecule has 21 heavy (non-hydrogen) atoms. The van der Waals surface area contributed by atoms with E-state index in [4.69, 9.17) is 0 Å². The van der Waals surface area contributed by atoms with Crippen LogP contribution in [0, 0.1) is 0 Å². The number of carbonyl (C=O) groups excluding carboxylic acids is 1. The number of H-pyrrole nitrogens is 1. The molecule has 2 fully saturated rings. The molecule has 2 aliphatic rings. The fourth-order valence-corrected chi connectivity index (χ4v) is 3.35. The highest BCUT2D eigenvalue weighted by molar-refractivity contribution is 5.88. The van der Waals surface area contributed by atoms with Crippen molar-refractivity contribution in [1.29, 1.82) is 0 Å². The van der Waals surface area contributed by atoms with Crippen LogP contribution in [-0.4, -0.2) is 28.9 Å². The highest BCUT2D eigenvalue weighted by atomic mass is 16.2. The second-order valence-electron chi connectivity index (χ2n) is 6.12. The quantitative estimate of drug-likeness (QED) is 0.841. The standard InChI is InChI=1S/C18H20N2O/c21-18(20-9-7-14(8-10-20)13-5-6-13)11-15-12-19-17-4-2-1-3-16(15)17/h1-4,12,19H,5-11H2. The molecular formula is C18H20N2O. The maximum absolute atomic E-state index is 12.5. The van der Waals surface area contributed by atoms with Crippen LogP contribution in [0.15, 0.2) is 41.6 Å². The molecule has 1 amide bonds. The van der Waals surface area contributed by atoms with Crippen molar-refractivity contribution in [3.05, 3.63) is 47.2 Å². The molecule has 0 radical (unpaired) electrons. The van der Waals surface area contributed by atoms with E-state index in [2.05, 4.69) is 17.1 Å². The minimum Gasteiger partial charge on any atom is -0.361 e. The van der Waals surface area contributed by atoms with E-state index in [-0.39, 0.29) is 5.91 Å². The Morgan fingerprint density at radius 1 is 1.05 bits per heavy atom. The Morgan fingerprint density at radius 2 is 1.76 bits per heavy atom. The Labute approximate surface area is 124 Å². The smallest absolute Gasteiger partial charge is 0.227 e. The van der Waals surface area contributed by atoms with Crippen molar-refractivity contribution >= 4 is 16.8 Å². The SMILES string of the molecule is O=C(Cc1c[nH]c2ccccc12)N1CCC(=C2CC2)CC1. The van der Waals surface area contributed by atoms with Crippen molar-refractivity contribution in [1.82, 2.24) is 9.88 Å². The van der Waals surface area contributed by atoms with E-state index in [1.165, 1.54) is 18.2 Å². The number of nitrogens with zero attached hydrogens (tertiary/aromatic N) is 1. The number of benzene rings is 1. The number of para-hydroxylation sites is 1. The van der Waals surface area contributed by atoms with Crippen molar-refractivity contribution in [2.45, 2.75) is 32.1 Å². The number of hydrogen-bond acceptors (Lipinski definition) is 1. The van der Waals surface area contributed by atoms with Crippen molar-refractivity contribution in [3.63, 3.8) is 0 Å². The van der Waals surface area contributed by atoms with Gasteiger partial charge < -0.3 is 9.88 Å². The van der Waals surface area contributed by atoms with Crippen LogP contribution in [0.3, 0.4) is 0 Å². The van der Waals surface area contributed by atoms with Crippen LogP contribution in [-0.2, 0) is 11.2 Å². The number of piperidine rings is 1. The first-order chi connectivity index (χ1) is 10.3. The lowest BCUT2D eigenvalue weighted by atomic mass is 10.0. The summed E-state index contributed by atoms with van der Waals surface area (Å²) in [6.07, 6.45) is 7.28. The Balaban J connectivity index is 1.45. The minimum atomic E-state index is 0.264. The monoisotopic (exact) mass is 280 g/mol. The molecule has 1 saturated heterocycles. The minimum absolute atomic E-state index is 0.264. The molecule has 1 aliphatic heterocycles. The van der Waals surface area contributed by atoms with Gasteiger partial charge in [-0.25, -0.2) is 0 Å². The molecule has 0 unspecified atom stereocenters. The van der Waals surface area contributed by atoms with E-state index in [1.807, 2.05) is 23.2 Å². The van der Waals surface area contributed by atoms with Gasteiger partial charge in [-0.15, -0.1) is 0 Å². The highest BCUT2D eigenvalue weighted by Gasteiger charge is 2.24. The van der Waals surface area contributed by atoms with Gasteiger partial charge >= 0.3 is 0 Å². The molecule has 1 aromatic heterocycles. The molecule has 2 heterocycles. The number of fused-ring (bicyclic) bond motifs is 1. The van der Waals surface area contributed by atoms with Crippen LogP contribution >= 0.6 is 0 Å². The summed E-state index contributed by atoms with van der Waals surface area (Å²) in [4.78, 5) is 17.8. The zero-order valence-corrected chi connectivity index (χ0v) is 12.2. The second kappa shape index (κ2) is 5.06. The highest BCUT2D eigenvalue weighted by Crippen LogP contribution is 2.36. The fourth-order valence-electron chi connectivity index (χ4n) is 3.35. The summed E-state index contributed by atoms with van der Waals surface area (Å²) in [6, 6.07) is 8.18. The first-order valence-corrected chi connectivity index (χ1v) is 7.84. The number of rotatable bonds is 2. The third kappa shape index (κ3) is 2.48. The molecule has 3 heteroatoms. The Hall–Kier alpha value is -2.03. The zero-order chi connectivity index (χ0) is 14.2. The summed E-state index contributed by atoms with van der Waals surface area (Å²) >= 11 is 0. The van der Waals surface area contributed by atoms with Gasteiger partial charge in [-0.3, -0.25) is 4.79 Å². The Morgan fingerprint density at radius 3 is 2.52 bits per heavy atom. The Bertz CT molecular complexity index is 710. The molecule has 0 bridgehead atoms. The summed E-state index contributed by atoms with van der Waals surface area (Å²) in [5, 5.41) is 1.17. The number of likely N-dealkylation sites (tertiary alicyclic amines) is 1. The average molecular weight is 280 g/mol. The molecule has 1 aliphatic carbocycles. The lowest BCUT2D eigenvalue weighted by Gasteiger charge is -2.28. The maximum Gasteiger partial charge on any atom is 0.227 e. The maximum atomic E-state index is 12.5. The first kappa shape index (κ1) is 12.7. The van der Waals surface area contributed by atoms with Crippen LogP contribution in [0.1, 0.15) is 31.2 Å². The molecule has 4 rings (SSSR count). The topological polar surface area (TPSA) is 36.1 Å². The normalized spacial score (nSPS) is 18.4. The number of nitrogens with one attached hydrogen (secondary N) is 1. The van der Waals surface area contributed by atoms with Crippen LogP contribution in [0.5, 0.6) is 0 Å². The number of allylic oxidation sites excluding steroid dienone is 1. The second-order valence-corrected chi connectivity index (χ2v) is 6.12. The van der Waals surface area contributed by atoms with Crippen LogP contribution < -0.4 is 0 Å². The predicted molar refractivity (Wildman–Crippen MR) is 84.1 cm³/mol. The fraction of sp³-hybridized carbons (Fsp3) is 0.389. The van der Waals surface area contributed by atoms with E-state index in [9.17, 15) is 4.79 Å². The number of carbonyl (C=O) groups is 1. The molecule has 0 spiro atoms. The van der Waals surface area contributed by atoms with E-state index >= 15 is 0 Å². The van der Waals surface area contributed by atoms with Gasteiger partial charge in [0.1, 0.15) is 0 Å². The number of aromatic amines is 1. The van der Waals surface area contributed by atoms with Gasteiger partial charge in [0.15, 0.2) is 0 Å². The molecule has 2 aromatic rings. The van der Waals surface area contributed by atoms with Gasteiger partial charge in [-0.2, -0.15) is 0 Å². The van der Waals surface area contributed by atoms with E-state index in [1.54, 1.807) is 11.1 Å². The lowest BCUT2D eigenvalue weighted by Crippen LogP contribution is -2.37. The van der Waals surface area contributed by atoms with Gasteiger partial charge in [0.2, 0.25) is 5.91 Å². The van der Waals surface area contributed by atoms with E-state index in [0.29, 0.717) is 6.42 Å². The molecular weight excluding hydrogens is 260 g/mol. The average Bonchev–Trinajstić information content (AvgIpc) is 3.30. The van der Waals surface area contributed by atoms with Gasteiger partial charge in [-0.1, -0.05) is 29.3 Å². The van der Waals surface area contributed by atoms with Crippen LogP contribution in [0.25, 0.3) is 10.9 Å². The molecule has 1 aromatic carbocycles. The van der Waals surface area contributed by atoms with Gasteiger partial charge in [0.25, 0.3) is 0 Å². The van der Waals surface area contributed by atoms with Crippen LogP contribution in [0.4, 0.5) is 0 Å². The lowest BCUT2D eigenvalue weighted by molar-refractivity contribution is -0.130. The summed E-state index contributed by atoms with van der Waals surface area (Å²) < 4.78 is 0. The van der Waals surface area contributed by atoms with E-state index in [0.717, 1.165) is 37.0 Å². The summed E-state index contributed by atoms with van der Waals surface area (Å²) in [5.74, 6) is 0.264. The molecule has 3 nitrogen and oxygen atoms in total. The number of amides is 1. The zero-order valence-electron chi connectivity index (χ0n) is 12.2. The number of aromatic nitrogens is 1. The summed E-state index contributed by atoms with van der Waals surface area (Å²) in [5.41, 5.74) is 5.52. The Kier molecular flexibility index (Phi) is 3.06. The third-order valence-electron chi connectivity index (χ3n) is 4.74. The van der Waals surface area contributed by atoms with Gasteiger partial charge in [0.05, 0.1) is 6.42 Å². The van der Waals surface area contributed by atoms with Crippen molar-refractivity contribution in [3.8, 4) is 0 Å².